The summed E-state index contributed by atoms with van der Waals surface area (Å²) in [6.45, 7) is 9.32. The van der Waals surface area contributed by atoms with Crippen molar-refractivity contribution in [1.29, 1.82) is 0 Å². The number of piperidine rings is 1. The molecule has 0 bridgehead atoms. The fraction of sp³-hybridized carbons (Fsp3) is 0.579. The highest BCUT2D eigenvalue weighted by molar-refractivity contribution is 5.80. The van der Waals surface area contributed by atoms with Crippen LogP contribution in [0.1, 0.15) is 37.8 Å². The number of nitrogens with one attached hydrogen (secondary N) is 2. The van der Waals surface area contributed by atoms with Crippen LogP contribution in [0.3, 0.4) is 0 Å². The first-order valence-electron chi connectivity index (χ1n) is 9.14. The molecule has 25 heavy (non-hydrogen) atoms. The quantitative estimate of drug-likeness (QED) is 0.635. The largest absolute Gasteiger partial charge is 0.450 e. The highest BCUT2D eigenvalue weighted by Gasteiger charge is 2.23. The van der Waals surface area contributed by atoms with Gasteiger partial charge in [-0.15, -0.1) is 0 Å². The number of nitrogens with zero attached hydrogens (tertiary/aromatic N) is 2. The molecule has 1 aromatic carbocycles. The van der Waals surface area contributed by atoms with E-state index >= 15 is 0 Å². The molecule has 1 aromatic rings. The van der Waals surface area contributed by atoms with E-state index in [0.29, 0.717) is 32.3 Å². The SMILES string of the molecule is CCNC(=NCc1cccc(C)c1)NC1CCN(C(=O)OCC)CC1. The van der Waals surface area contributed by atoms with Crippen LogP contribution in [0.4, 0.5) is 4.79 Å². The van der Waals surface area contributed by atoms with Crippen molar-refractivity contribution in [2.24, 2.45) is 4.99 Å². The van der Waals surface area contributed by atoms with Crippen LogP contribution < -0.4 is 10.6 Å². The molecular formula is C19H30N4O2. The summed E-state index contributed by atoms with van der Waals surface area (Å²) in [4.78, 5) is 18.2. The second kappa shape index (κ2) is 9.91. The molecular weight excluding hydrogens is 316 g/mol. The van der Waals surface area contributed by atoms with Crippen LogP contribution in [-0.2, 0) is 11.3 Å². The van der Waals surface area contributed by atoms with Gasteiger partial charge in [0.15, 0.2) is 5.96 Å². The number of amides is 1. The van der Waals surface area contributed by atoms with Crippen molar-refractivity contribution in [3.63, 3.8) is 0 Å². The van der Waals surface area contributed by atoms with E-state index in [2.05, 4.69) is 48.7 Å². The Balaban J connectivity index is 1.87. The molecule has 1 amide bonds. The number of hydrogen-bond acceptors (Lipinski definition) is 3. The maximum absolute atomic E-state index is 11.8. The number of guanidine groups is 1. The van der Waals surface area contributed by atoms with E-state index in [1.807, 2.05) is 6.92 Å². The van der Waals surface area contributed by atoms with Crippen molar-refractivity contribution < 1.29 is 9.53 Å². The molecule has 1 fully saturated rings. The molecule has 2 N–H and O–H groups in total. The van der Waals surface area contributed by atoms with Crippen molar-refractivity contribution in [3.05, 3.63) is 35.4 Å². The number of likely N-dealkylation sites (tertiary alicyclic amines) is 1. The van der Waals surface area contributed by atoms with Crippen molar-refractivity contribution in [2.75, 3.05) is 26.2 Å². The molecule has 2 rings (SSSR count). The summed E-state index contributed by atoms with van der Waals surface area (Å²) >= 11 is 0. The van der Waals surface area contributed by atoms with E-state index in [0.717, 1.165) is 25.3 Å². The first-order chi connectivity index (χ1) is 12.1. The first kappa shape index (κ1) is 19.1. The van der Waals surface area contributed by atoms with Gasteiger partial charge in [0, 0.05) is 25.7 Å². The molecule has 1 heterocycles. The number of carbonyl (C=O) groups is 1. The molecule has 6 heteroatoms. The monoisotopic (exact) mass is 346 g/mol. The Kier molecular flexibility index (Phi) is 7.57. The highest BCUT2D eigenvalue weighted by Crippen LogP contribution is 2.12. The molecule has 0 saturated carbocycles. The Morgan fingerprint density at radius 1 is 1.32 bits per heavy atom. The number of carbonyl (C=O) groups excluding carboxylic acids is 1. The topological polar surface area (TPSA) is 66.0 Å². The van der Waals surface area contributed by atoms with Gasteiger partial charge < -0.3 is 20.3 Å². The van der Waals surface area contributed by atoms with Crippen LogP contribution in [-0.4, -0.2) is 49.2 Å². The lowest BCUT2D eigenvalue weighted by molar-refractivity contribution is 0.0963. The predicted octanol–water partition coefficient (Wildman–Crippen LogP) is 2.67. The normalized spacial score (nSPS) is 15.8. The highest BCUT2D eigenvalue weighted by atomic mass is 16.6. The van der Waals surface area contributed by atoms with Crippen LogP contribution in [0, 0.1) is 6.92 Å². The third kappa shape index (κ3) is 6.29. The summed E-state index contributed by atoms with van der Waals surface area (Å²) in [6.07, 6.45) is 1.59. The van der Waals surface area contributed by atoms with Gasteiger partial charge in [-0.2, -0.15) is 0 Å². The van der Waals surface area contributed by atoms with Gasteiger partial charge in [-0.25, -0.2) is 9.79 Å². The number of hydrogen-bond donors (Lipinski definition) is 2. The third-order valence-electron chi connectivity index (χ3n) is 4.21. The van der Waals surface area contributed by atoms with Gasteiger partial charge in [0.2, 0.25) is 0 Å². The second-order valence-corrected chi connectivity index (χ2v) is 6.29. The van der Waals surface area contributed by atoms with Crippen LogP contribution >= 0.6 is 0 Å². The first-order valence-corrected chi connectivity index (χ1v) is 9.14. The predicted molar refractivity (Wildman–Crippen MR) is 101 cm³/mol. The lowest BCUT2D eigenvalue weighted by Gasteiger charge is -2.32. The molecule has 0 atom stereocenters. The molecule has 1 aliphatic heterocycles. The summed E-state index contributed by atoms with van der Waals surface area (Å²) in [5.41, 5.74) is 2.45. The van der Waals surface area contributed by atoms with Crippen LogP contribution in [0.15, 0.2) is 29.3 Å². The number of aliphatic imine (C=N–C) groups is 1. The zero-order valence-corrected chi connectivity index (χ0v) is 15.5. The number of rotatable bonds is 5. The fourth-order valence-electron chi connectivity index (χ4n) is 2.92. The third-order valence-corrected chi connectivity index (χ3v) is 4.21. The average Bonchev–Trinajstić information content (AvgIpc) is 2.61. The van der Waals surface area contributed by atoms with E-state index in [-0.39, 0.29) is 6.09 Å². The maximum atomic E-state index is 11.8. The summed E-state index contributed by atoms with van der Waals surface area (Å²) in [6, 6.07) is 8.73. The number of aryl methyl sites for hydroxylation is 1. The van der Waals surface area contributed by atoms with Crippen molar-refractivity contribution in [3.8, 4) is 0 Å². The zero-order chi connectivity index (χ0) is 18.1. The minimum Gasteiger partial charge on any atom is -0.450 e. The molecule has 0 aliphatic carbocycles. The van der Waals surface area contributed by atoms with Crippen LogP contribution in [0.25, 0.3) is 0 Å². The molecule has 6 nitrogen and oxygen atoms in total. The van der Waals surface area contributed by atoms with Gasteiger partial charge >= 0.3 is 6.09 Å². The minimum absolute atomic E-state index is 0.207. The van der Waals surface area contributed by atoms with E-state index < -0.39 is 0 Å². The maximum Gasteiger partial charge on any atom is 0.409 e. The van der Waals surface area contributed by atoms with E-state index in [1.165, 1.54) is 11.1 Å². The molecule has 0 unspecified atom stereocenters. The van der Waals surface area contributed by atoms with Crippen molar-refractivity contribution >= 4 is 12.1 Å². The van der Waals surface area contributed by atoms with Gasteiger partial charge in [-0.3, -0.25) is 0 Å². The Hall–Kier alpha value is -2.24. The van der Waals surface area contributed by atoms with Crippen molar-refractivity contribution in [1.82, 2.24) is 15.5 Å². The minimum atomic E-state index is -0.207. The fourth-order valence-corrected chi connectivity index (χ4v) is 2.92. The van der Waals surface area contributed by atoms with Crippen molar-refractivity contribution in [2.45, 2.75) is 46.2 Å². The van der Waals surface area contributed by atoms with Gasteiger partial charge in [-0.05, 0) is 39.2 Å². The molecule has 138 valence electrons. The standard InChI is InChI=1S/C19H30N4O2/c1-4-20-18(21-14-16-8-6-7-15(3)13-16)22-17-9-11-23(12-10-17)19(24)25-5-2/h6-8,13,17H,4-5,9-12,14H2,1-3H3,(H2,20,21,22). The zero-order valence-electron chi connectivity index (χ0n) is 15.5. The van der Waals surface area contributed by atoms with E-state index in [1.54, 1.807) is 4.90 Å². The Morgan fingerprint density at radius 2 is 2.08 bits per heavy atom. The summed E-state index contributed by atoms with van der Waals surface area (Å²) in [7, 11) is 0. The van der Waals surface area contributed by atoms with Crippen LogP contribution in [0.2, 0.25) is 0 Å². The molecule has 0 radical (unpaired) electrons. The number of ether oxygens (including phenoxy) is 1. The Morgan fingerprint density at radius 3 is 2.72 bits per heavy atom. The summed E-state index contributed by atoms with van der Waals surface area (Å²) in [5.74, 6) is 0.832. The second-order valence-electron chi connectivity index (χ2n) is 6.29. The molecule has 0 aromatic heterocycles. The smallest absolute Gasteiger partial charge is 0.409 e. The summed E-state index contributed by atoms with van der Waals surface area (Å²) < 4.78 is 5.06. The van der Waals surface area contributed by atoms with Gasteiger partial charge in [0.05, 0.1) is 13.2 Å². The lowest BCUT2D eigenvalue weighted by Crippen LogP contribution is -2.49. The lowest BCUT2D eigenvalue weighted by atomic mass is 10.1. The van der Waals surface area contributed by atoms with Gasteiger partial charge in [0.25, 0.3) is 0 Å². The van der Waals surface area contributed by atoms with Gasteiger partial charge in [-0.1, -0.05) is 29.8 Å². The molecule has 1 aliphatic rings. The van der Waals surface area contributed by atoms with Crippen LogP contribution in [0.5, 0.6) is 0 Å². The molecule has 1 saturated heterocycles. The van der Waals surface area contributed by atoms with Gasteiger partial charge in [0.1, 0.15) is 0 Å². The number of benzene rings is 1. The Labute approximate surface area is 150 Å². The Bertz CT molecular complexity index is 581. The van der Waals surface area contributed by atoms with E-state index in [9.17, 15) is 4.79 Å². The molecule has 0 spiro atoms. The average molecular weight is 346 g/mol. The van der Waals surface area contributed by atoms with E-state index in [4.69, 9.17) is 9.73 Å². The summed E-state index contributed by atoms with van der Waals surface area (Å²) in [5, 5.41) is 6.80.